The summed E-state index contributed by atoms with van der Waals surface area (Å²) in [7, 11) is 0. The first kappa shape index (κ1) is 33.3. The zero-order valence-electron chi connectivity index (χ0n) is 25.7. The second kappa shape index (κ2) is 14.5. The van der Waals surface area contributed by atoms with E-state index >= 15 is 0 Å². The lowest BCUT2D eigenvalue weighted by molar-refractivity contribution is -0.137. The highest BCUT2D eigenvalue weighted by atomic mass is 32.2. The Labute approximate surface area is 275 Å². The molecule has 44 heavy (non-hydrogen) atoms. The van der Waals surface area contributed by atoms with Gasteiger partial charge in [-0.15, -0.1) is 34.9 Å². The predicted octanol–water partition coefficient (Wildman–Crippen LogP) is 2.98. The minimum atomic E-state index is -0.704. The molecule has 0 aliphatic carbocycles. The first-order chi connectivity index (χ1) is 21.1. The van der Waals surface area contributed by atoms with Crippen molar-refractivity contribution in [2.45, 2.75) is 83.2 Å². The number of nitrogens with one attached hydrogen (secondary N) is 3. The molecule has 240 valence electrons. The van der Waals surface area contributed by atoms with Gasteiger partial charge in [0.1, 0.15) is 28.8 Å². The van der Waals surface area contributed by atoms with E-state index in [9.17, 15) is 19.2 Å². The molecule has 4 aliphatic rings. The van der Waals surface area contributed by atoms with Gasteiger partial charge in [0.2, 0.25) is 17.7 Å². The lowest BCUT2D eigenvalue weighted by Crippen LogP contribution is -2.55. The number of hydrogen-bond acceptors (Lipinski definition) is 11. The molecule has 5 heterocycles. The third-order valence-electron chi connectivity index (χ3n) is 8.20. The Morgan fingerprint density at radius 3 is 2.23 bits per heavy atom. The Morgan fingerprint density at radius 1 is 0.932 bits per heavy atom. The summed E-state index contributed by atoms with van der Waals surface area (Å²) in [5, 5.41) is 13.1. The van der Waals surface area contributed by atoms with Gasteiger partial charge in [-0.3, -0.25) is 29.2 Å². The van der Waals surface area contributed by atoms with Gasteiger partial charge >= 0.3 is 0 Å². The van der Waals surface area contributed by atoms with Gasteiger partial charge in [-0.25, -0.2) is 4.98 Å². The normalized spacial score (nSPS) is 30.0. The van der Waals surface area contributed by atoms with Gasteiger partial charge in [0, 0.05) is 23.4 Å². The zero-order chi connectivity index (χ0) is 31.5. The molecule has 4 aliphatic heterocycles. The molecule has 6 atom stereocenters. The molecule has 5 rings (SSSR count). The van der Waals surface area contributed by atoms with E-state index in [0.29, 0.717) is 40.2 Å². The first-order valence-electron chi connectivity index (χ1n) is 15.1. The summed E-state index contributed by atoms with van der Waals surface area (Å²) in [6.45, 7) is 8.47. The van der Waals surface area contributed by atoms with E-state index in [-0.39, 0.29) is 53.6 Å². The Hall–Kier alpha value is -2.10. The second-order valence-corrected chi connectivity index (χ2v) is 16.1. The molecule has 11 nitrogen and oxygen atoms in total. The maximum absolute atomic E-state index is 13.9. The summed E-state index contributed by atoms with van der Waals surface area (Å²) in [5.74, 6) is 0.731. The highest BCUT2D eigenvalue weighted by molar-refractivity contribution is 8.14. The van der Waals surface area contributed by atoms with Crippen LogP contribution in [-0.4, -0.2) is 104 Å². The minimum absolute atomic E-state index is 0.0385. The van der Waals surface area contributed by atoms with Crippen LogP contribution in [0.1, 0.15) is 68.5 Å². The average molecular weight is 680 g/mol. The fourth-order valence-electron chi connectivity index (χ4n) is 5.68. The van der Waals surface area contributed by atoms with Crippen LogP contribution in [0.15, 0.2) is 15.4 Å². The molecule has 4 amide bonds. The summed E-state index contributed by atoms with van der Waals surface area (Å²) in [4.78, 5) is 70.3. The van der Waals surface area contributed by atoms with E-state index in [2.05, 4.69) is 20.9 Å². The van der Waals surface area contributed by atoms with Crippen molar-refractivity contribution in [3.05, 3.63) is 16.1 Å². The topological polar surface area (TPSA) is 145 Å². The van der Waals surface area contributed by atoms with E-state index in [0.717, 1.165) is 23.6 Å². The summed E-state index contributed by atoms with van der Waals surface area (Å²) in [6, 6.07) is -2.87. The van der Waals surface area contributed by atoms with Gasteiger partial charge in [-0.05, 0) is 43.1 Å². The quantitative estimate of drug-likeness (QED) is 0.431. The van der Waals surface area contributed by atoms with Crippen molar-refractivity contribution in [1.29, 1.82) is 0 Å². The van der Waals surface area contributed by atoms with Crippen LogP contribution in [0.25, 0.3) is 0 Å². The standard InChI is InChI=1S/C29H41N7O4S4/c1-14(2)21-28-33-17(13-44-28)23(37)30-16(8-10-41-5)26-31-18(11-42-26)25(39)35-22(15(3)4)29(40)36-9-6-7-20(36)27-32-19(12-43-27)24(38)34-21/h13-16,18-22H,6-12H2,1-5H3,(H,30,37)(H,34,38)(H,35,39)/t16-,18-,19?,20-,21-,22-/m0/s1. The number of aliphatic imine (C=N–C) groups is 2. The van der Waals surface area contributed by atoms with Crippen molar-refractivity contribution in [3.63, 3.8) is 0 Å². The number of fused-ring (bicyclic) bond motifs is 6. The van der Waals surface area contributed by atoms with Crippen LogP contribution < -0.4 is 16.0 Å². The van der Waals surface area contributed by atoms with Gasteiger partial charge in [0.15, 0.2) is 0 Å². The largest absolute Gasteiger partial charge is 0.345 e. The molecule has 1 aromatic rings. The average Bonchev–Trinajstić information content (AvgIpc) is 3.81. The fraction of sp³-hybridized carbons (Fsp3) is 0.690. The summed E-state index contributed by atoms with van der Waals surface area (Å²) >= 11 is 6.02. The Balaban J connectivity index is 1.49. The summed E-state index contributed by atoms with van der Waals surface area (Å²) in [6.07, 6.45) is 4.27. The molecule has 0 aromatic carbocycles. The molecular formula is C29H41N7O4S4. The number of thioether (sulfide) groups is 3. The molecule has 0 spiro atoms. The van der Waals surface area contributed by atoms with E-state index in [1.54, 1.807) is 17.1 Å². The highest BCUT2D eigenvalue weighted by Gasteiger charge is 2.41. The fourth-order valence-corrected chi connectivity index (χ4v) is 9.50. The molecule has 0 saturated carbocycles. The van der Waals surface area contributed by atoms with Crippen molar-refractivity contribution in [2.75, 3.05) is 30.1 Å². The van der Waals surface area contributed by atoms with E-state index in [1.807, 2.05) is 38.9 Å². The molecule has 1 fully saturated rings. The van der Waals surface area contributed by atoms with Crippen LogP contribution in [-0.2, 0) is 14.4 Å². The summed E-state index contributed by atoms with van der Waals surface area (Å²) < 4.78 is 0. The van der Waals surface area contributed by atoms with Crippen LogP contribution >= 0.6 is 46.6 Å². The Morgan fingerprint density at radius 2 is 1.57 bits per heavy atom. The van der Waals surface area contributed by atoms with Gasteiger partial charge in [0.05, 0.1) is 28.2 Å². The Bertz CT molecular complexity index is 1330. The Kier molecular flexibility index (Phi) is 11.0. The number of carbonyl (C=O) groups is 4. The minimum Gasteiger partial charge on any atom is -0.345 e. The number of thiazole rings is 1. The number of carbonyl (C=O) groups excluding carboxylic acids is 4. The van der Waals surface area contributed by atoms with E-state index in [1.165, 1.54) is 34.9 Å². The highest BCUT2D eigenvalue weighted by Crippen LogP contribution is 2.32. The van der Waals surface area contributed by atoms with E-state index in [4.69, 9.17) is 9.98 Å². The van der Waals surface area contributed by atoms with Crippen LogP contribution in [0.4, 0.5) is 0 Å². The molecule has 3 N–H and O–H groups in total. The van der Waals surface area contributed by atoms with Crippen LogP contribution in [0, 0.1) is 11.8 Å². The summed E-state index contributed by atoms with van der Waals surface area (Å²) in [5.41, 5.74) is 0.291. The van der Waals surface area contributed by atoms with E-state index < -0.39 is 18.1 Å². The third kappa shape index (κ3) is 7.31. The molecule has 0 radical (unpaired) electrons. The maximum Gasteiger partial charge on any atom is 0.271 e. The number of rotatable bonds is 5. The second-order valence-electron chi connectivity index (χ2n) is 12.1. The van der Waals surface area contributed by atoms with Crippen molar-refractivity contribution >= 4 is 80.3 Å². The number of amides is 4. The number of nitrogens with zero attached hydrogens (tertiary/aromatic N) is 4. The van der Waals surface area contributed by atoms with Crippen molar-refractivity contribution in [1.82, 2.24) is 25.8 Å². The molecule has 6 bridgehead atoms. The number of aromatic nitrogens is 1. The van der Waals surface area contributed by atoms with Gasteiger partial charge in [0.25, 0.3) is 5.91 Å². The van der Waals surface area contributed by atoms with Crippen molar-refractivity contribution in [2.24, 2.45) is 21.8 Å². The van der Waals surface area contributed by atoms with Gasteiger partial charge in [-0.2, -0.15) is 11.8 Å². The smallest absolute Gasteiger partial charge is 0.271 e. The van der Waals surface area contributed by atoms with Gasteiger partial charge < -0.3 is 20.9 Å². The van der Waals surface area contributed by atoms with Gasteiger partial charge in [-0.1, -0.05) is 27.7 Å². The van der Waals surface area contributed by atoms with Crippen LogP contribution in [0.3, 0.4) is 0 Å². The first-order valence-corrected chi connectivity index (χ1v) is 19.4. The molecule has 1 aromatic heterocycles. The lowest BCUT2D eigenvalue weighted by atomic mass is 10.0. The molecule has 1 unspecified atom stereocenters. The molecule has 15 heteroatoms. The maximum atomic E-state index is 13.9. The third-order valence-corrected chi connectivity index (χ3v) is 12.1. The van der Waals surface area contributed by atoms with Crippen molar-refractivity contribution < 1.29 is 19.2 Å². The molecular weight excluding hydrogens is 639 g/mol. The van der Waals surface area contributed by atoms with Crippen LogP contribution in [0.2, 0.25) is 0 Å². The SMILES string of the molecule is CSCC[C@@H]1NC(=O)c2csc(n2)[C@H](C(C)C)NC(=O)C2CSC(=N2)[C@@H]2CCCN2C(=O)[C@H](C(C)C)NC(=O)[C@@H]2CSC1=N2. The number of hydrogen-bond donors (Lipinski definition) is 3. The van der Waals surface area contributed by atoms with Crippen LogP contribution in [0.5, 0.6) is 0 Å². The zero-order valence-corrected chi connectivity index (χ0v) is 29.0. The lowest BCUT2D eigenvalue weighted by Gasteiger charge is -2.31. The van der Waals surface area contributed by atoms with Crippen molar-refractivity contribution in [3.8, 4) is 0 Å². The predicted molar refractivity (Wildman–Crippen MR) is 181 cm³/mol. The molecule has 1 saturated heterocycles. The monoisotopic (exact) mass is 679 g/mol.